The molecule has 3 atom stereocenters. The van der Waals surface area contributed by atoms with E-state index in [1.54, 1.807) is 10.8 Å². The van der Waals surface area contributed by atoms with Crippen molar-refractivity contribution >= 4 is 27.7 Å². The molecule has 2 amide bonds. The Kier molecular flexibility index (Phi) is 9.37. The van der Waals surface area contributed by atoms with E-state index in [9.17, 15) is 9.59 Å². The minimum Gasteiger partial charge on any atom is -0.369 e. The van der Waals surface area contributed by atoms with Crippen molar-refractivity contribution < 1.29 is 14.3 Å². The van der Waals surface area contributed by atoms with E-state index in [0.29, 0.717) is 24.2 Å². The van der Waals surface area contributed by atoms with Crippen LogP contribution in [-0.4, -0.2) is 51.1 Å². The molecular formula is C24H33BrN6O3. The number of nitrogens with zero attached hydrogens (tertiary/aromatic N) is 3. The van der Waals surface area contributed by atoms with Gasteiger partial charge in [-0.3, -0.25) is 9.59 Å². The highest BCUT2D eigenvalue weighted by atomic mass is 79.9. The fourth-order valence-corrected chi connectivity index (χ4v) is 4.41. The summed E-state index contributed by atoms with van der Waals surface area (Å²) in [6.07, 6.45) is 5.16. The molecule has 4 N–H and O–H groups in total. The molecule has 184 valence electrons. The molecule has 0 unspecified atom stereocenters. The van der Waals surface area contributed by atoms with Crippen molar-refractivity contribution in [2.75, 3.05) is 0 Å². The number of ether oxygens (including phenoxy) is 1. The molecule has 0 bridgehead atoms. The van der Waals surface area contributed by atoms with Crippen LogP contribution < -0.4 is 16.4 Å². The van der Waals surface area contributed by atoms with Crippen LogP contribution in [0.25, 0.3) is 0 Å². The van der Waals surface area contributed by atoms with E-state index in [2.05, 4.69) is 36.9 Å². The predicted molar refractivity (Wildman–Crippen MR) is 133 cm³/mol. The second-order valence-corrected chi connectivity index (χ2v) is 9.36. The van der Waals surface area contributed by atoms with Gasteiger partial charge in [-0.05, 0) is 37.0 Å². The highest BCUT2D eigenvalue weighted by molar-refractivity contribution is 9.10. The number of nitrogens with two attached hydrogens (primary N) is 1. The second-order valence-electron chi connectivity index (χ2n) is 8.51. The lowest BCUT2D eigenvalue weighted by molar-refractivity contribution is -0.121. The Morgan fingerprint density at radius 1 is 1.29 bits per heavy atom. The van der Waals surface area contributed by atoms with Gasteiger partial charge in [0.2, 0.25) is 11.8 Å². The molecule has 10 heteroatoms. The Morgan fingerprint density at radius 2 is 2.03 bits per heavy atom. The van der Waals surface area contributed by atoms with Crippen LogP contribution in [0.5, 0.6) is 0 Å². The lowest BCUT2D eigenvalue weighted by atomic mass is 9.87. The van der Waals surface area contributed by atoms with E-state index >= 15 is 0 Å². The average Bonchev–Trinajstić information content (AvgIpc) is 3.26. The summed E-state index contributed by atoms with van der Waals surface area (Å²) in [6, 6.07) is 7.11. The van der Waals surface area contributed by atoms with Crippen LogP contribution in [0.4, 0.5) is 0 Å². The largest absolute Gasteiger partial charge is 0.369 e. The Morgan fingerprint density at radius 3 is 2.71 bits per heavy atom. The monoisotopic (exact) mass is 532 g/mol. The standard InChI is InChI=1S/C24H33BrN6O3/c1-4-19(5-2)34-22-11-17(10-21(26)23(22)28-15(3)32)24(33)27-12-18-14-31(30-29-18)13-16-8-6-7-9-20(16)25/h6-9,11,14,19,21-23H,4-5,10,12-13,26H2,1-3H3,(H,27,33)(H,28,32)/t21-,22+,23+/m0/s1. The Balaban J connectivity index is 1.65. The Bertz CT molecular complexity index is 1020. The van der Waals surface area contributed by atoms with Crippen LogP contribution in [0.1, 0.15) is 51.3 Å². The normalized spacial score (nSPS) is 20.2. The van der Waals surface area contributed by atoms with Crippen molar-refractivity contribution in [3.05, 3.63) is 57.8 Å². The maximum atomic E-state index is 12.9. The molecule has 3 rings (SSSR count). The third kappa shape index (κ3) is 6.97. The van der Waals surface area contributed by atoms with Crippen LogP contribution in [0.15, 0.2) is 46.6 Å². The smallest absolute Gasteiger partial charge is 0.247 e. The molecule has 34 heavy (non-hydrogen) atoms. The van der Waals surface area contributed by atoms with Gasteiger partial charge in [0.1, 0.15) is 5.69 Å². The molecule has 0 spiro atoms. The van der Waals surface area contributed by atoms with Crippen molar-refractivity contribution in [3.8, 4) is 0 Å². The molecule has 0 fully saturated rings. The van der Waals surface area contributed by atoms with Gasteiger partial charge in [0.15, 0.2) is 0 Å². The van der Waals surface area contributed by atoms with Crippen LogP contribution in [0.2, 0.25) is 0 Å². The summed E-state index contributed by atoms with van der Waals surface area (Å²) in [5.41, 5.74) is 8.64. The maximum Gasteiger partial charge on any atom is 0.247 e. The number of carbonyl (C=O) groups is 2. The summed E-state index contributed by atoms with van der Waals surface area (Å²) in [6.45, 7) is 6.36. The highest BCUT2D eigenvalue weighted by Gasteiger charge is 2.35. The van der Waals surface area contributed by atoms with Crippen molar-refractivity contribution in [3.63, 3.8) is 0 Å². The summed E-state index contributed by atoms with van der Waals surface area (Å²) >= 11 is 3.54. The van der Waals surface area contributed by atoms with Crippen molar-refractivity contribution in [1.29, 1.82) is 0 Å². The molecule has 2 aromatic rings. The number of benzene rings is 1. The molecule has 9 nitrogen and oxygen atoms in total. The van der Waals surface area contributed by atoms with E-state index in [1.807, 2.05) is 44.3 Å². The van der Waals surface area contributed by atoms with Crippen LogP contribution in [0, 0.1) is 0 Å². The van der Waals surface area contributed by atoms with Crippen molar-refractivity contribution in [2.45, 2.75) is 77.4 Å². The summed E-state index contributed by atoms with van der Waals surface area (Å²) in [4.78, 5) is 24.6. The van der Waals surface area contributed by atoms with E-state index in [4.69, 9.17) is 10.5 Å². The number of nitrogens with one attached hydrogen (secondary N) is 2. The Labute approximate surface area is 208 Å². The van der Waals surface area contributed by atoms with Gasteiger partial charge in [-0.1, -0.05) is 53.2 Å². The number of aromatic nitrogens is 3. The lowest BCUT2D eigenvalue weighted by Crippen LogP contribution is -2.57. The fourth-order valence-electron chi connectivity index (χ4n) is 4.00. The number of halogens is 1. The SMILES string of the molecule is CCC(CC)O[C@@H]1C=C(C(=O)NCc2cn(Cc3ccccc3Br)nn2)C[C@H](N)[C@H]1NC(C)=O. The molecule has 1 aliphatic carbocycles. The molecule has 0 saturated heterocycles. The van der Waals surface area contributed by atoms with E-state index in [-0.39, 0.29) is 30.5 Å². The first-order valence-corrected chi connectivity index (χ1v) is 12.4. The zero-order valence-electron chi connectivity index (χ0n) is 19.8. The van der Waals surface area contributed by atoms with Crippen LogP contribution in [0.3, 0.4) is 0 Å². The number of hydrogen-bond donors (Lipinski definition) is 3. The summed E-state index contributed by atoms with van der Waals surface area (Å²) in [5.74, 6) is -0.402. The van der Waals surface area contributed by atoms with Gasteiger partial charge in [-0.15, -0.1) is 5.10 Å². The molecule has 0 radical (unpaired) electrons. The molecule has 1 aromatic heterocycles. The van der Waals surface area contributed by atoms with Gasteiger partial charge in [0, 0.05) is 23.0 Å². The number of carbonyl (C=O) groups excluding carboxylic acids is 2. The van der Waals surface area contributed by atoms with Gasteiger partial charge in [0.05, 0.1) is 37.5 Å². The number of amides is 2. The Hall–Kier alpha value is -2.56. The zero-order valence-corrected chi connectivity index (χ0v) is 21.4. The molecular weight excluding hydrogens is 500 g/mol. The summed E-state index contributed by atoms with van der Waals surface area (Å²) in [5, 5.41) is 14.1. The fraction of sp³-hybridized carbons (Fsp3) is 0.500. The summed E-state index contributed by atoms with van der Waals surface area (Å²) in [7, 11) is 0. The molecule has 0 aliphatic heterocycles. The van der Waals surface area contributed by atoms with Gasteiger partial charge in [-0.25, -0.2) is 4.68 Å². The maximum absolute atomic E-state index is 12.9. The van der Waals surface area contributed by atoms with Gasteiger partial charge >= 0.3 is 0 Å². The van der Waals surface area contributed by atoms with Crippen molar-refractivity contribution in [2.24, 2.45) is 5.73 Å². The van der Waals surface area contributed by atoms with Crippen LogP contribution in [-0.2, 0) is 27.4 Å². The van der Waals surface area contributed by atoms with Crippen molar-refractivity contribution in [1.82, 2.24) is 25.6 Å². The first kappa shape index (κ1) is 26.1. The third-order valence-electron chi connectivity index (χ3n) is 5.86. The first-order valence-electron chi connectivity index (χ1n) is 11.6. The quantitative estimate of drug-likeness (QED) is 0.431. The van der Waals surface area contributed by atoms with Gasteiger partial charge in [0.25, 0.3) is 0 Å². The topological polar surface area (TPSA) is 124 Å². The minimum absolute atomic E-state index is 0.0202. The number of rotatable bonds is 10. The second kappa shape index (κ2) is 12.2. The predicted octanol–water partition coefficient (Wildman–Crippen LogP) is 2.44. The third-order valence-corrected chi connectivity index (χ3v) is 6.64. The lowest BCUT2D eigenvalue weighted by Gasteiger charge is -2.36. The van der Waals surface area contributed by atoms with Crippen LogP contribution >= 0.6 is 15.9 Å². The summed E-state index contributed by atoms with van der Waals surface area (Å²) < 4.78 is 8.94. The molecule has 0 saturated carbocycles. The van der Waals surface area contributed by atoms with Gasteiger partial charge < -0.3 is 21.1 Å². The molecule has 1 aliphatic rings. The van der Waals surface area contributed by atoms with E-state index < -0.39 is 12.1 Å². The zero-order chi connectivity index (χ0) is 24.7. The minimum atomic E-state index is -0.469. The first-order chi connectivity index (χ1) is 16.3. The van der Waals surface area contributed by atoms with E-state index in [0.717, 1.165) is 22.9 Å². The average molecular weight is 533 g/mol. The van der Waals surface area contributed by atoms with Gasteiger partial charge in [-0.2, -0.15) is 0 Å². The molecule has 1 heterocycles. The number of hydrogen-bond acceptors (Lipinski definition) is 6. The highest BCUT2D eigenvalue weighted by Crippen LogP contribution is 2.23. The van der Waals surface area contributed by atoms with E-state index in [1.165, 1.54) is 6.92 Å². The molecule has 1 aromatic carbocycles.